The van der Waals surface area contributed by atoms with Gasteiger partial charge in [0.05, 0.1) is 6.33 Å². The summed E-state index contributed by atoms with van der Waals surface area (Å²) in [6.45, 7) is 1.27. The van der Waals surface area contributed by atoms with Gasteiger partial charge in [0, 0.05) is 31.3 Å². The number of unbranched alkanes of at least 4 members (excludes halogenated alkanes) is 1. The van der Waals surface area contributed by atoms with Crippen molar-refractivity contribution in [2.24, 2.45) is 0 Å². The van der Waals surface area contributed by atoms with Gasteiger partial charge in [-0.05, 0) is 42.9 Å². The number of nitrogens with one attached hydrogen (secondary N) is 1. The van der Waals surface area contributed by atoms with Crippen LogP contribution >= 0.6 is 0 Å². The molecule has 8 nitrogen and oxygen atoms in total. The van der Waals surface area contributed by atoms with Gasteiger partial charge in [-0.3, -0.25) is 19.7 Å². The summed E-state index contributed by atoms with van der Waals surface area (Å²) in [5.74, 6) is -0.252. The molecule has 4 rings (SSSR count). The Bertz CT molecular complexity index is 936. The van der Waals surface area contributed by atoms with Crippen LogP contribution in [0.15, 0.2) is 30.7 Å². The van der Waals surface area contributed by atoms with Crippen LogP contribution < -0.4 is 11.1 Å². The number of carbonyl (C=O) groups is 3. The fourth-order valence-corrected chi connectivity index (χ4v) is 3.99. The number of imidazole rings is 1. The minimum atomic E-state index is -0.572. The summed E-state index contributed by atoms with van der Waals surface area (Å²) < 4.78 is 1.97. The number of nitrogen functional groups attached to an aromatic ring is 1. The molecule has 1 fully saturated rings. The molecule has 3 N–H and O–H groups in total. The van der Waals surface area contributed by atoms with E-state index in [-0.39, 0.29) is 24.1 Å². The van der Waals surface area contributed by atoms with Crippen molar-refractivity contribution in [1.82, 2.24) is 19.8 Å². The molecule has 2 aliphatic rings. The molecule has 1 saturated heterocycles. The molecule has 0 saturated carbocycles. The maximum Gasteiger partial charge on any atom is 0.255 e. The summed E-state index contributed by atoms with van der Waals surface area (Å²) in [6, 6.07) is 5.20. The van der Waals surface area contributed by atoms with Crippen LogP contribution in [0.25, 0.3) is 0 Å². The molecule has 0 aliphatic carbocycles. The summed E-state index contributed by atoms with van der Waals surface area (Å²) in [6.07, 6.45) is 7.01. The summed E-state index contributed by atoms with van der Waals surface area (Å²) in [5, 5.41) is 2.34. The third-order valence-corrected chi connectivity index (χ3v) is 5.44. The van der Waals surface area contributed by atoms with Crippen LogP contribution in [-0.2, 0) is 29.1 Å². The van der Waals surface area contributed by atoms with Crippen molar-refractivity contribution in [3.05, 3.63) is 47.4 Å². The van der Waals surface area contributed by atoms with Crippen molar-refractivity contribution in [3.8, 4) is 0 Å². The summed E-state index contributed by atoms with van der Waals surface area (Å²) >= 11 is 0. The topological polar surface area (TPSA) is 110 Å². The number of nitrogens with two attached hydrogens (primary N) is 1. The van der Waals surface area contributed by atoms with Crippen LogP contribution in [0.3, 0.4) is 0 Å². The fraction of sp³-hybridized carbons (Fsp3) is 0.400. The van der Waals surface area contributed by atoms with E-state index in [1.807, 2.05) is 22.9 Å². The zero-order chi connectivity index (χ0) is 19.7. The third-order valence-electron chi connectivity index (χ3n) is 5.44. The number of rotatable bonds is 6. The maximum atomic E-state index is 12.8. The minimum absolute atomic E-state index is 0.125. The second-order valence-electron chi connectivity index (χ2n) is 7.34. The Morgan fingerprint density at radius 3 is 2.82 bits per heavy atom. The van der Waals surface area contributed by atoms with Crippen molar-refractivity contribution in [3.63, 3.8) is 0 Å². The Hall–Kier alpha value is -3.16. The number of benzene rings is 1. The minimum Gasteiger partial charge on any atom is -0.382 e. The lowest BCUT2D eigenvalue weighted by molar-refractivity contribution is -0.136. The van der Waals surface area contributed by atoms with E-state index < -0.39 is 6.04 Å². The van der Waals surface area contributed by atoms with Crippen LogP contribution in [0.1, 0.15) is 47.2 Å². The lowest BCUT2D eigenvalue weighted by atomic mass is 9.99. The van der Waals surface area contributed by atoms with E-state index in [1.54, 1.807) is 11.2 Å². The van der Waals surface area contributed by atoms with E-state index in [2.05, 4.69) is 16.4 Å². The zero-order valence-electron chi connectivity index (χ0n) is 15.6. The number of carbonyl (C=O) groups excluding carboxylic acids is 3. The molecule has 1 unspecified atom stereocenters. The molecule has 3 heterocycles. The number of imide groups is 1. The van der Waals surface area contributed by atoms with E-state index >= 15 is 0 Å². The SMILES string of the molecule is Nc1cn(CCCCc2cccc3c2CN(C2CCC(=O)NC2=O)C3=O)cn1. The number of amides is 3. The molecule has 0 radical (unpaired) electrons. The number of fused-ring (bicyclic) bond motifs is 1. The number of aromatic nitrogens is 2. The van der Waals surface area contributed by atoms with Crippen LogP contribution in [0.5, 0.6) is 0 Å². The highest BCUT2D eigenvalue weighted by Gasteiger charge is 2.39. The normalized spacial score (nSPS) is 19.1. The Morgan fingerprint density at radius 2 is 2.07 bits per heavy atom. The predicted molar refractivity (Wildman–Crippen MR) is 102 cm³/mol. The van der Waals surface area contributed by atoms with Gasteiger partial charge in [-0.25, -0.2) is 4.98 Å². The van der Waals surface area contributed by atoms with Gasteiger partial charge < -0.3 is 15.2 Å². The van der Waals surface area contributed by atoms with Crippen molar-refractivity contribution in [2.75, 3.05) is 5.73 Å². The molecule has 0 spiro atoms. The highest BCUT2D eigenvalue weighted by molar-refractivity contribution is 6.05. The van der Waals surface area contributed by atoms with Crippen LogP contribution in [0, 0.1) is 0 Å². The van der Waals surface area contributed by atoms with Gasteiger partial charge in [-0.1, -0.05) is 12.1 Å². The molecule has 2 aromatic rings. The van der Waals surface area contributed by atoms with Crippen molar-refractivity contribution in [1.29, 1.82) is 0 Å². The van der Waals surface area contributed by atoms with Crippen molar-refractivity contribution >= 4 is 23.5 Å². The average molecular weight is 381 g/mol. The Kier molecular flexibility index (Phi) is 4.85. The largest absolute Gasteiger partial charge is 0.382 e. The molecule has 3 amide bonds. The van der Waals surface area contributed by atoms with Gasteiger partial charge in [0.15, 0.2) is 0 Å². The standard InChI is InChI=1S/C20H23N5O3/c21-17-11-24(12-22-17)9-2-1-4-13-5-3-6-14-15(13)10-25(20(14)28)16-7-8-18(26)23-19(16)27/h3,5-6,11-12,16H,1-2,4,7-10,21H2,(H,23,26,27). The van der Waals surface area contributed by atoms with E-state index in [0.29, 0.717) is 24.3 Å². The van der Waals surface area contributed by atoms with Gasteiger partial charge in [0.1, 0.15) is 11.9 Å². The van der Waals surface area contributed by atoms with Gasteiger partial charge in [0.25, 0.3) is 5.91 Å². The highest BCUT2D eigenvalue weighted by Crippen LogP contribution is 2.30. The van der Waals surface area contributed by atoms with Crippen LogP contribution in [0.2, 0.25) is 0 Å². The fourth-order valence-electron chi connectivity index (χ4n) is 3.99. The molecule has 28 heavy (non-hydrogen) atoms. The first-order chi connectivity index (χ1) is 13.5. The number of anilines is 1. The molecule has 2 aliphatic heterocycles. The first-order valence-electron chi connectivity index (χ1n) is 9.55. The monoisotopic (exact) mass is 381 g/mol. The Balaban J connectivity index is 1.41. The molecule has 1 aromatic heterocycles. The number of piperidine rings is 1. The molecule has 8 heteroatoms. The highest BCUT2D eigenvalue weighted by atomic mass is 16.2. The smallest absolute Gasteiger partial charge is 0.255 e. The van der Waals surface area contributed by atoms with Gasteiger partial charge in [-0.2, -0.15) is 0 Å². The van der Waals surface area contributed by atoms with Gasteiger partial charge in [-0.15, -0.1) is 0 Å². The van der Waals surface area contributed by atoms with E-state index in [4.69, 9.17) is 5.73 Å². The molecule has 1 atom stereocenters. The van der Waals surface area contributed by atoms with Crippen LogP contribution in [-0.4, -0.2) is 38.2 Å². The molecular formula is C20H23N5O3. The number of hydrogen-bond acceptors (Lipinski definition) is 5. The van der Waals surface area contributed by atoms with E-state index in [9.17, 15) is 14.4 Å². The summed E-state index contributed by atoms with van der Waals surface area (Å²) in [5.41, 5.74) is 8.44. The first kappa shape index (κ1) is 18.2. The van der Waals surface area contributed by atoms with Crippen molar-refractivity contribution in [2.45, 2.75) is 51.2 Å². The third kappa shape index (κ3) is 3.49. The second kappa shape index (κ2) is 7.46. The van der Waals surface area contributed by atoms with Crippen molar-refractivity contribution < 1.29 is 14.4 Å². The first-order valence-corrected chi connectivity index (χ1v) is 9.55. The molecule has 1 aromatic carbocycles. The summed E-state index contributed by atoms with van der Waals surface area (Å²) in [4.78, 5) is 42.0. The number of hydrogen-bond donors (Lipinski definition) is 2. The van der Waals surface area contributed by atoms with Gasteiger partial charge in [0.2, 0.25) is 11.8 Å². The quantitative estimate of drug-likeness (QED) is 0.578. The lowest BCUT2D eigenvalue weighted by Crippen LogP contribution is -2.52. The number of nitrogens with zero attached hydrogens (tertiary/aromatic N) is 3. The van der Waals surface area contributed by atoms with Gasteiger partial charge >= 0.3 is 0 Å². The average Bonchev–Trinajstić information content (AvgIpc) is 3.23. The Labute approximate surface area is 162 Å². The molecule has 0 bridgehead atoms. The molecular weight excluding hydrogens is 358 g/mol. The lowest BCUT2D eigenvalue weighted by Gasteiger charge is -2.29. The summed E-state index contributed by atoms with van der Waals surface area (Å²) in [7, 11) is 0. The van der Waals surface area contributed by atoms with E-state index in [1.165, 1.54) is 0 Å². The zero-order valence-corrected chi connectivity index (χ0v) is 15.6. The Morgan fingerprint density at radius 1 is 1.21 bits per heavy atom. The van der Waals surface area contributed by atoms with E-state index in [0.717, 1.165) is 36.9 Å². The maximum absolute atomic E-state index is 12.8. The number of aryl methyl sites for hydroxylation is 2. The molecule has 146 valence electrons. The second-order valence-corrected chi connectivity index (χ2v) is 7.34. The van der Waals surface area contributed by atoms with Crippen LogP contribution in [0.4, 0.5) is 5.82 Å². The predicted octanol–water partition coefficient (Wildman–Crippen LogP) is 1.25.